The quantitative estimate of drug-likeness (QED) is 0.926. The maximum atomic E-state index is 12.3. The van der Waals surface area contributed by atoms with E-state index in [0.717, 1.165) is 36.0 Å². The molecule has 1 aromatic rings. The number of likely N-dealkylation sites (tertiary alicyclic amines) is 1. The van der Waals surface area contributed by atoms with Crippen molar-refractivity contribution in [2.45, 2.75) is 31.7 Å². The van der Waals surface area contributed by atoms with Crippen LogP contribution in [0.3, 0.4) is 0 Å². The number of piperidine rings is 1. The second kappa shape index (κ2) is 6.06. The van der Waals surface area contributed by atoms with Crippen molar-refractivity contribution in [2.75, 3.05) is 20.1 Å². The lowest BCUT2D eigenvalue weighted by Crippen LogP contribution is -2.51. The van der Waals surface area contributed by atoms with E-state index >= 15 is 0 Å². The Kier molecular flexibility index (Phi) is 4.63. The molecule has 0 radical (unpaired) electrons. The average Bonchev–Trinajstić information content (AvgIpc) is 2.39. The van der Waals surface area contributed by atoms with Crippen LogP contribution in [0.1, 0.15) is 25.3 Å². The largest absolute Gasteiger partial charge is 0.342 e. The van der Waals surface area contributed by atoms with Crippen LogP contribution in [0.5, 0.6) is 0 Å². The molecular formula is C15H21BrN2O. The van der Waals surface area contributed by atoms with Crippen LogP contribution in [0.2, 0.25) is 0 Å². The summed E-state index contributed by atoms with van der Waals surface area (Å²) in [6.07, 6.45) is 2.54. The predicted octanol–water partition coefficient (Wildman–Crippen LogP) is 2.59. The summed E-state index contributed by atoms with van der Waals surface area (Å²) in [4.78, 5) is 14.3. The topological polar surface area (TPSA) is 32.3 Å². The first-order chi connectivity index (χ1) is 9.02. The molecule has 1 aliphatic heterocycles. The van der Waals surface area contributed by atoms with Crippen LogP contribution in [-0.4, -0.2) is 36.5 Å². The number of rotatable bonds is 3. The van der Waals surface area contributed by atoms with Crippen LogP contribution >= 0.6 is 15.9 Å². The van der Waals surface area contributed by atoms with Gasteiger partial charge in [-0.05, 0) is 44.5 Å². The van der Waals surface area contributed by atoms with Crippen molar-refractivity contribution in [2.24, 2.45) is 0 Å². The molecule has 0 aromatic heterocycles. The molecule has 1 amide bonds. The van der Waals surface area contributed by atoms with Crippen LogP contribution in [0, 0.1) is 0 Å². The molecule has 1 heterocycles. The van der Waals surface area contributed by atoms with Gasteiger partial charge in [-0.15, -0.1) is 0 Å². The smallest absolute Gasteiger partial charge is 0.226 e. The fourth-order valence-electron chi connectivity index (χ4n) is 2.43. The van der Waals surface area contributed by atoms with Gasteiger partial charge in [-0.2, -0.15) is 0 Å². The Morgan fingerprint density at radius 1 is 1.42 bits per heavy atom. The highest BCUT2D eigenvalue weighted by molar-refractivity contribution is 9.10. The Morgan fingerprint density at radius 2 is 2.11 bits per heavy atom. The van der Waals surface area contributed by atoms with Gasteiger partial charge in [-0.3, -0.25) is 4.79 Å². The number of hydrogen-bond acceptors (Lipinski definition) is 2. The highest BCUT2D eigenvalue weighted by Crippen LogP contribution is 2.22. The van der Waals surface area contributed by atoms with Gasteiger partial charge in [0, 0.05) is 23.1 Å². The summed E-state index contributed by atoms with van der Waals surface area (Å²) in [5, 5.41) is 3.35. The van der Waals surface area contributed by atoms with E-state index in [1.807, 2.05) is 36.2 Å². The maximum Gasteiger partial charge on any atom is 0.226 e. The van der Waals surface area contributed by atoms with Crippen LogP contribution in [0.15, 0.2) is 28.7 Å². The van der Waals surface area contributed by atoms with Crippen molar-refractivity contribution in [3.63, 3.8) is 0 Å². The first-order valence-electron chi connectivity index (χ1n) is 6.73. The van der Waals surface area contributed by atoms with Crippen molar-refractivity contribution in [3.8, 4) is 0 Å². The van der Waals surface area contributed by atoms with Crippen LogP contribution in [0.4, 0.5) is 0 Å². The monoisotopic (exact) mass is 324 g/mol. The number of benzene rings is 1. The molecule has 2 rings (SSSR count). The molecule has 1 N–H and O–H groups in total. The van der Waals surface area contributed by atoms with Crippen LogP contribution < -0.4 is 5.32 Å². The number of nitrogens with one attached hydrogen (secondary N) is 1. The van der Waals surface area contributed by atoms with Crippen molar-refractivity contribution in [1.82, 2.24) is 10.2 Å². The lowest BCUT2D eigenvalue weighted by Gasteiger charge is -2.39. The van der Waals surface area contributed by atoms with Crippen molar-refractivity contribution in [3.05, 3.63) is 34.3 Å². The minimum Gasteiger partial charge on any atom is -0.342 e. The summed E-state index contributed by atoms with van der Waals surface area (Å²) >= 11 is 3.44. The molecule has 19 heavy (non-hydrogen) atoms. The van der Waals surface area contributed by atoms with E-state index in [1.165, 1.54) is 0 Å². The summed E-state index contributed by atoms with van der Waals surface area (Å²) in [6.45, 7) is 3.93. The van der Waals surface area contributed by atoms with Gasteiger partial charge in [0.05, 0.1) is 6.42 Å². The fraction of sp³-hybridized carbons (Fsp3) is 0.533. The van der Waals surface area contributed by atoms with Gasteiger partial charge in [-0.25, -0.2) is 0 Å². The molecule has 104 valence electrons. The van der Waals surface area contributed by atoms with E-state index in [0.29, 0.717) is 6.42 Å². The van der Waals surface area contributed by atoms with E-state index in [4.69, 9.17) is 0 Å². The summed E-state index contributed by atoms with van der Waals surface area (Å²) in [6, 6.07) is 7.97. The minimum absolute atomic E-state index is 0.187. The number of nitrogens with zero attached hydrogens (tertiary/aromatic N) is 1. The summed E-state index contributed by atoms with van der Waals surface area (Å²) < 4.78 is 1.03. The van der Waals surface area contributed by atoms with Gasteiger partial charge >= 0.3 is 0 Å². The SMILES string of the molecule is CNC1(C)CCN(C(=O)Cc2cccc(Br)c2)CC1. The Balaban J connectivity index is 1.92. The molecule has 4 heteroatoms. The standard InChI is InChI=1S/C15H21BrN2O/c1-15(17-2)6-8-18(9-7-15)14(19)11-12-4-3-5-13(16)10-12/h3-5,10,17H,6-9,11H2,1-2H3. The second-order valence-corrected chi connectivity index (χ2v) is 6.41. The third-order valence-electron chi connectivity index (χ3n) is 4.07. The molecule has 0 atom stereocenters. The Bertz CT molecular complexity index is 453. The van der Waals surface area contributed by atoms with E-state index in [2.05, 4.69) is 28.2 Å². The predicted molar refractivity (Wildman–Crippen MR) is 81.1 cm³/mol. The Labute approximate surface area is 123 Å². The molecule has 1 aliphatic rings. The van der Waals surface area contributed by atoms with Gasteiger partial charge in [0.2, 0.25) is 5.91 Å². The molecular weight excluding hydrogens is 304 g/mol. The van der Waals surface area contributed by atoms with E-state index < -0.39 is 0 Å². The van der Waals surface area contributed by atoms with Gasteiger partial charge in [0.25, 0.3) is 0 Å². The zero-order valence-corrected chi connectivity index (χ0v) is 13.2. The van der Waals surface area contributed by atoms with Gasteiger partial charge < -0.3 is 10.2 Å². The van der Waals surface area contributed by atoms with E-state index in [-0.39, 0.29) is 11.4 Å². The Morgan fingerprint density at radius 3 is 2.68 bits per heavy atom. The van der Waals surface area contributed by atoms with Crippen LogP contribution in [0.25, 0.3) is 0 Å². The number of amides is 1. The first kappa shape index (κ1) is 14.5. The lowest BCUT2D eigenvalue weighted by molar-refractivity contribution is -0.132. The second-order valence-electron chi connectivity index (χ2n) is 5.50. The molecule has 3 nitrogen and oxygen atoms in total. The number of halogens is 1. The molecule has 0 bridgehead atoms. The third-order valence-corrected chi connectivity index (χ3v) is 4.56. The lowest BCUT2D eigenvalue weighted by atomic mass is 9.89. The number of carbonyl (C=O) groups excluding carboxylic acids is 1. The molecule has 1 saturated heterocycles. The molecule has 0 aliphatic carbocycles. The zero-order chi connectivity index (χ0) is 13.9. The number of hydrogen-bond donors (Lipinski definition) is 1. The molecule has 0 spiro atoms. The third kappa shape index (κ3) is 3.80. The molecule has 1 aromatic carbocycles. The Hall–Kier alpha value is -0.870. The average molecular weight is 325 g/mol. The summed E-state index contributed by atoms with van der Waals surface area (Å²) in [5.74, 6) is 0.233. The normalized spacial score (nSPS) is 18.4. The van der Waals surface area contributed by atoms with Crippen molar-refractivity contribution < 1.29 is 4.79 Å². The van der Waals surface area contributed by atoms with E-state index in [1.54, 1.807) is 0 Å². The highest BCUT2D eigenvalue weighted by atomic mass is 79.9. The van der Waals surface area contributed by atoms with Crippen LogP contribution in [-0.2, 0) is 11.2 Å². The zero-order valence-electron chi connectivity index (χ0n) is 11.6. The molecule has 1 fully saturated rings. The fourth-order valence-corrected chi connectivity index (χ4v) is 2.88. The van der Waals surface area contributed by atoms with Crippen molar-refractivity contribution >= 4 is 21.8 Å². The van der Waals surface area contributed by atoms with Gasteiger partial charge in [-0.1, -0.05) is 28.1 Å². The molecule has 0 saturated carbocycles. The summed E-state index contributed by atoms with van der Waals surface area (Å²) in [5.41, 5.74) is 1.26. The number of carbonyl (C=O) groups is 1. The highest BCUT2D eigenvalue weighted by Gasteiger charge is 2.30. The maximum absolute atomic E-state index is 12.3. The first-order valence-corrected chi connectivity index (χ1v) is 7.53. The van der Waals surface area contributed by atoms with Crippen molar-refractivity contribution in [1.29, 1.82) is 0 Å². The van der Waals surface area contributed by atoms with Gasteiger partial charge in [0.1, 0.15) is 0 Å². The van der Waals surface area contributed by atoms with E-state index in [9.17, 15) is 4.79 Å². The van der Waals surface area contributed by atoms with Gasteiger partial charge in [0.15, 0.2) is 0 Å². The minimum atomic E-state index is 0.187. The molecule has 0 unspecified atom stereocenters. The summed E-state index contributed by atoms with van der Waals surface area (Å²) in [7, 11) is 2.00.